The van der Waals surface area contributed by atoms with E-state index in [1.165, 1.54) is 32.8 Å². The van der Waals surface area contributed by atoms with Crippen LogP contribution in [-0.4, -0.2) is 41.9 Å². The van der Waals surface area contributed by atoms with Crippen molar-refractivity contribution < 1.29 is 22.0 Å². The van der Waals surface area contributed by atoms with Crippen molar-refractivity contribution in [2.24, 2.45) is 7.05 Å². The molecule has 2 aliphatic rings. The first-order chi connectivity index (χ1) is 20.6. The molecule has 2 aliphatic heterocycles. The summed E-state index contributed by atoms with van der Waals surface area (Å²) in [6.07, 6.45) is 4.21. The normalized spacial score (nSPS) is 14.5. The lowest BCUT2D eigenvalue weighted by Gasteiger charge is -2.38. The number of H-pyrrole nitrogens is 1. The number of amides is 1. The van der Waals surface area contributed by atoms with Crippen molar-refractivity contribution in [1.82, 2.24) is 14.5 Å². The SMILES string of the molecule is CC(=O)N1CCN(S(=O)(=O)c2ccccc2)c2cc3c(cc21)N(c1ncc(F)cc1F)Cc1c[nH]c2c(=O)n(C)cc-3c12. The summed E-state index contributed by atoms with van der Waals surface area (Å²) in [6.45, 7) is 1.52. The molecular formula is C30H24F2N6O4S. The van der Waals surface area contributed by atoms with Gasteiger partial charge in [-0.15, -0.1) is 0 Å². The second kappa shape index (κ2) is 9.49. The van der Waals surface area contributed by atoms with E-state index in [1.54, 1.807) is 54.7 Å². The third-order valence-electron chi connectivity index (χ3n) is 7.93. The number of carbonyl (C=O) groups excluding carboxylic acids is 1. The van der Waals surface area contributed by atoms with Gasteiger partial charge in [-0.3, -0.25) is 13.9 Å². The van der Waals surface area contributed by atoms with Crippen LogP contribution in [0.5, 0.6) is 0 Å². The number of benzene rings is 2. The van der Waals surface area contributed by atoms with E-state index >= 15 is 4.39 Å². The van der Waals surface area contributed by atoms with E-state index in [0.717, 1.165) is 12.3 Å². The number of carbonyl (C=O) groups is 1. The summed E-state index contributed by atoms with van der Waals surface area (Å²) in [5, 5.41) is 0.589. The van der Waals surface area contributed by atoms with Crippen LogP contribution in [0.1, 0.15) is 12.5 Å². The highest BCUT2D eigenvalue weighted by molar-refractivity contribution is 7.92. The van der Waals surface area contributed by atoms with Gasteiger partial charge in [0, 0.05) is 55.5 Å². The van der Waals surface area contributed by atoms with Crippen LogP contribution in [0.4, 0.5) is 31.7 Å². The van der Waals surface area contributed by atoms with Gasteiger partial charge >= 0.3 is 0 Å². The molecule has 0 saturated carbocycles. The molecule has 0 fully saturated rings. The predicted molar refractivity (Wildman–Crippen MR) is 158 cm³/mol. The molecule has 0 saturated heterocycles. The van der Waals surface area contributed by atoms with Crippen LogP contribution in [-0.2, 0) is 28.4 Å². The third kappa shape index (κ3) is 4.02. The molecule has 5 aromatic rings. The summed E-state index contributed by atoms with van der Waals surface area (Å²) in [7, 11) is -2.45. The van der Waals surface area contributed by atoms with Crippen LogP contribution in [0.2, 0.25) is 0 Å². The third-order valence-corrected chi connectivity index (χ3v) is 9.76. The molecule has 0 aliphatic carbocycles. The molecule has 5 heterocycles. The molecule has 0 radical (unpaired) electrons. The Morgan fingerprint density at radius 2 is 1.77 bits per heavy atom. The molecule has 0 atom stereocenters. The minimum atomic E-state index is -4.05. The first-order valence-corrected chi connectivity index (χ1v) is 14.8. The summed E-state index contributed by atoms with van der Waals surface area (Å²) >= 11 is 0. The van der Waals surface area contributed by atoms with Crippen LogP contribution >= 0.6 is 0 Å². The van der Waals surface area contributed by atoms with Crippen LogP contribution < -0.4 is 19.7 Å². The molecule has 2 aromatic carbocycles. The highest BCUT2D eigenvalue weighted by Gasteiger charge is 2.37. The minimum absolute atomic E-state index is 0.00144. The topological polar surface area (TPSA) is 112 Å². The first kappa shape index (κ1) is 26.8. The van der Waals surface area contributed by atoms with Gasteiger partial charge in [-0.1, -0.05) is 18.2 Å². The van der Waals surface area contributed by atoms with Gasteiger partial charge in [0.2, 0.25) is 5.91 Å². The van der Waals surface area contributed by atoms with Crippen molar-refractivity contribution >= 4 is 49.7 Å². The summed E-state index contributed by atoms with van der Waals surface area (Å²) in [5.41, 5.74) is 2.72. The summed E-state index contributed by atoms with van der Waals surface area (Å²) in [6, 6.07) is 12.0. The monoisotopic (exact) mass is 602 g/mol. The van der Waals surface area contributed by atoms with Crippen LogP contribution in [0.3, 0.4) is 0 Å². The van der Waals surface area contributed by atoms with Crippen molar-refractivity contribution in [2.45, 2.75) is 18.4 Å². The number of halogens is 2. The van der Waals surface area contributed by atoms with Gasteiger partial charge in [-0.25, -0.2) is 22.2 Å². The lowest BCUT2D eigenvalue weighted by Crippen LogP contribution is -2.45. The maximum atomic E-state index is 15.3. The molecule has 218 valence electrons. The van der Waals surface area contributed by atoms with Gasteiger partial charge in [-0.2, -0.15) is 0 Å². The second-order valence-electron chi connectivity index (χ2n) is 10.5. The molecule has 7 rings (SSSR count). The second-order valence-corrected chi connectivity index (χ2v) is 12.3. The molecule has 1 N–H and O–H groups in total. The number of hydrogen-bond acceptors (Lipinski definition) is 6. The largest absolute Gasteiger partial charge is 0.356 e. The Labute approximate surface area is 244 Å². The molecular weight excluding hydrogens is 578 g/mol. The van der Waals surface area contributed by atoms with Gasteiger partial charge in [-0.05, 0) is 29.8 Å². The molecule has 43 heavy (non-hydrogen) atoms. The number of aryl methyl sites for hydroxylation is 1. The zero-order valence-electron chi connectivity index (χ0n) is 23.0. The smallest absolute Gasteiger partial charge is 0.274 e. The number of hydrogen-bond donors (Lipinski definition) is 1. The molecule has 10 nitrogen and oxygen atoms in total. The Kier molecular flexibility index (Phi) is 5.92. The standard InChI is InChI=1S/C30H24F2N6O4S/c1-17(39)36-8-9-38(43(41,42)20-6-4-3-5-7-20)26-11-21-22-16-35(2)30(40)28-27(22)18(13-33-28)15-37(24(21)12-25(26)36)29-23(32)10-19(31)14-34-29/h3-7,10-14,16,33H,8-9,15H2,1-2H3. The molecule has 13 heteroatoms. The average molecular weight is 603 g/mol. The predicted octanol–water partition coefficient (Wildman–Crippen LogP) is 4.42. The first-order valence-electron chi connectivity index (χ1n) is 13.4. The van der Waals surface area contributed by atoms with Crippen LogP contribution in [0, 0.1) is 11.6 Å². The Balaban J connectivity index is 1.57. The number of rotatable bonds is 3. The molecule has 3 aromatic heterocycles. The number of nitrogens with zero attached hydrogens (tertiary/aromatic N) is 5. The summed E-state index contributed by atoms with van der Waals surface area (Å²) in [5.74, 6) is -2.23. The number of aromatic amines is 1. The fourth-order valence-corrected chi connectivity index (χ4v) is 7.44. The molecule has 1 amide bonds. The van der Waals surface area contributed by atoms with E-state index in [9.17, 15) is 22.4 Å². The Hall–Kier alpha value is -5.04. The minimum Gasteiger partial charge on any atom is -0.356 e. The summed E-state index contributed by atoms with van der Waals surface area (Å²) < 4.78 is 59.8. The van der Waals surface area contributed by atoms with Gasteiger partial charge in [0.15, 0.2) is 11.6 Å². The number of anilines is 4. The van der Waals surface area contributed by atoms with Crippen molar-refractivity contribution in [3.8, 4) is 11.1 Å². The van der Waals surface area contributed by atoms with Crippen LogP contribution in [0.15, 0.2) is 76.8 Å². The summed E-state index contributed by atoms with van der Waals surface area (Å²) in [4.78, 5) is 36.1. The van der Waals surface area contributed by atoms with E-state index < -0.39 is 21.7 Å². The van der Waals surface area contributed by atoms with Gasteiger partial charge in [0.25, 0.3) is 15.6 Å². The lowest BCUT2D eigenvalue weighted by atomic mass is 9.98. The molecule has 0 bridgehead atoms. The Morgan fingerprint density at radius 3 is 2.49 bits per heavy atom. The highest BCUT2D eigenvalue weighted by Crippen LogP contribution is 2.49. The Morgan fingerprint density at radius 1 is 1.00 bits per heavy atom. The van der Waals surface area contributed by atoms with Gasteiger partial charge in [0.05, 0.1) is 41.2 Å². The average Bonchev–Trinajstić information content (AvgIpc) is 3.36. The fraction of sp³-hybridized carbons (Fsp3) is 0.167. The van der Waals surface area contributed by atoms with Gasteiger partial charge in [0.1, 0.15) is 11.3 Å². The fourth-order valence-electron chi connectivity index (χ4n) is 5.96. The van der Waals surface area contributed by atoms with E-state index in [-0.39, 0.29) is 47.5 Å². The van der Waals surface area contributed by atoms with E-state index in [2.05, 4.69) is 9.97 Å². The van der Waals surface area contributed by atoms with Crippen LogP contribution in [0.25, 0.3) is 22.0 Å². The molecule has 0 unspecified atom stereocenters. The highest BCUT2D eigenvalue weighted by atomic mass is 32.2. The van der Waals surface area contributed by atoms with E-state index in [0.29, 0.717) is 39.0 Å². The number of sulfonamides is 1. The number of fused-ring (bicyclic) bond motifs is 3. The maximum Gasteiger partial charge on any atom is 0.274 e. The number of nitrogens with one attached hydrogen (secondary N) is 1. The lowest BCUT2D eigenvalue weighted by molar-refractivity contribution is -0.116. The maximum absolute atomic E-state index is 15.3. The Bertz CT molecular complexity index is 2150. The number of aromatic nitrogens is 3. The zero-order chi connectivity index (χ0) is 30.2. The number of pyridine rings is 2. The van der Waals surface area contributed by atoms with Crippen molar-refractivity contribution in [3.05, 3.63) is 94.7 Å². The van der Waals surface area contributed by atoms with Crippen molar-refractivity contribution in [3.63, 3.8) is 0 Å². The van der Waals surface area contributed by atoms with Crippen molar-refractivity contribution in [2.75, 3.05) is 27.2 Å². The van der Waals surface area contributed by atoms with Gasteiger partial charge < -0.3 is 19.4 Å². The van der Waals surface area contributed by atoms with Crippen molar-refractivity contribution in [1.29, 1.82) is 0 Å². The quantitative estimate of drug-likeness (QED) is 0.327. The zero-order valence-corrected chi connectivity index (χ0v) is 23.8. The van der Waals surface area contributed by atoms with E-state index in [4.69, 9.17) is 0 Å². The molecule has 0 spiro atoms. The van der Waals surface area contributed by atoms with E-state index in [1.807, 2.05) is 0 Å².